The van der Waals surface area contributed by atoms with Gasteiger partial charge in [-0.3, -0.25) is 4.98 Å². The number of ether oxygens (including phenoxy) is 1. The quantitative estimate of drug-likeness (QED) is 0.352. The smallest absolute Gasteiger partial charge is 0.161 e. The lowest BCUT2D eigenvalue weighted by molar-refractivity contribution is -0.113. The maximum absolute atomic E-state index is 11.0. The van der Waals surface area contributed by atoms with E-state index in [2.05, 4.69) is 38.0 Å². The van der Waals surface area contributed by atoms with Crippen LogP contribution >= 0.6 is 0 Å². The fourth-order valence-electron chi connectivity index (χ4n) is 3.89. The van der Waals surface area contributed by atoms with Crippen molar-refractivity contribution in [2.24, 2.45) is 17.3 Å². The number of pyridine rings is 1. The molecule has 1 aliphatic rings. The Labute approximate surface area is 155 Å². The van der Waals surface area contributed by atoms with Crippen molar-refractivity contribution >= 4 is 25.8 Å². The molecule has 0 saturated carbocycles. The highest BCUT2D eigenvalue weighted by Crippen LogP contribution is 2.50. The second-order valence-electron chi connectivity index (χ2n) is 7.12. The van der Waals surface area contributed by atoms with Gasteiger partial charge in [0.05, 0.1) is 12.7 Å². The predicted octanol–water partition coefficient (Wildman–Crippen LogP) is 2.01. The molecule has 0 aliphatic carbocycles. The summed E-state index contributed by atoms with van der Waals surface area (Å²) in [6.07, 6.45) is 5.83. The second kappa shape index (κ2) is 9.73. The topological polar surface area (TPSA) is 57.6 Å². The van der Waals surface area contributed by atoms with Crippen molar-refractivity contribution < 1.29 is 18.4 Å². The minimum absolute atomic E-state index is 0.0173. The monoisotopic (exact) mass is 381 g/mol. The summed E-state index contributed by atoms with van der Waals surface area (Å²) in [7, 11) is -1.13. The molecule has 2 heterocycles. The Morgan fingerprint density at radius 1 is 1.40 bits per heavy atom. The summed E-state index contributed by atoms with van der Waals surface area (Å²) in [6.45, 7) is 9.38. The van der Waals surface area contributed by atoms with Crippen LogP contribution in [0.25, 0.3) is 0 Å². The summed E-state index contributed by atoms with van der Waals surface area (Å²) in [5.41, 5.74) is 0.932. The minimum atomic E-state index is -0.567. The third-order valence-electron chi connectivity index (χ3n) is 5.19. The molecule has 0 aromatic carbocycles. The molecule has 140 valence electrons. The predicted molar refractivity (Wildman–Crippen MR) is 104 cm³/mol. The average Bonchev–Trinajstić information content (AvgIpc) is 3.05. The van der Waals surface area contributed by atoms with Gasteiger partial charge in [0.25, 0.3) is 0 Å². The number of hydrogen-bond donors (Lipinski definition) is 0. The Hall–Kier alpha value is -0.866. The number of carbonyl (C=O) groups is 1. The fourth-order valence-corrected chi connectivity index (χ4v) is 5.74. The third-order valence-corrected chi connectivity index (χ3v) is 6.46. The van der Waals surface area contributed by atoms with Crippen LogP contribution in [0.15, 0.2) is 24.5 Å². The number of nitrogens with zero attached hydrogens (tertiary/aromatic N) is 1. The Bertz CT molecular complexity index is 523. The number of hydrogen-bond acceptors (Lipinski definition) is 5. The highest BCUT2D eigenvalue weighted by molar-refractivity contribution is 6.26. The molecule has 5 nitrogen and oxygen atoms in total. The maximum Gasteiger partial charge on any atom is 0.161 e. The van der Waals surface area contributed by atoms with Crippen molar-refractivity contribution in [3.05, 3.63) is 30.1 Å². The highest BCUT2D eigenvalue weighted by atomic mass is 28.2. The standard InChI is InChI=1S/C18H31NO4Si2/c1-18(2,17(22-24-3)23-25-4)15-12-21-16(14(15)8-6-10-20)13-7-5-9-19-11-13/h5,7,9-11,14-17H,6,8,12,24-25H2,1-4H3. The third kappa shape index (κ3) is 4.85. The zero-order valence-electron chi connectivity index (χ0n) is 15.8. The van der Waals surface area contributed by atoms with E-state index in [0.717, 1.165) is 18.3 Å². The largest absolute Gasteiger partial charge is 0.400 e. The zero-order valence-corrected chi connectivity index (χ0v) is 18.6. The molecule has 0 bridgehead atoms. The van der Waals surface area contributed by atoms with Gasteiger partial charge in [-0.2, -0.15) is 0 Å². The van der Waals surface area contributed by atoms with E-state index in [9.17, 15) is 4.79 Å². The average molecular weight is 382 g/mol. The van der Waals surface area contributed by atoms with Crippen LogP contribution in [-0.4, -0.2) is 43.7 Å². The van der Waals surface area contributed by atoms with Gasteiger partial charge in [-0.05, 0) is 29.9 Å². The van der Waals surface area contributed by atoms with E-state index in [4.69, 9.17) is 13.6 Å². The minimum Gasteiger partial charge on any atom is -0.400 e. The van der Waals surface area contributed by atoms with Crippen LogP contribution in [0.1, 0.15) is 38.4 Å². The Kier molecular flexibility index (Phi) is 7.96. The molecule has 3 atom stereocenters. The van der Waals surface area contributed by atoms with Crippen molar-refractivity contribution in [1.29, 1.82) is 0 Å². The molecular formula is C18H31NO4Si2. The SMILES string of the molecule is C[SiH2]OC(O[SiH2]C)C(C)(C)C1COC(c2cccnc2)C1CCC=O. The van der Waals surface area contributed by atoms with Gasteiger partial charge in [0, 0.05) is 24.2 Å². The van der Waals surface area contributed by atoms with Gasteiger partial charge in [-0.1, -0.05) is 33.0 Å². The molecule has 0 amide bonds. The molecule has 1 aromatic heterocycles. The Balaban J connectivity index is 2.26. The van der Waals surface area contributed by atoms with Crippen LogP contribution in [0.5, 0.6) is 0 Å². The molecule has 3 unspecified atom stereocenters. The van der Waals surface area contributed by atoms with Gasteiger partial charge in [0.2, 0.25) is 0 Å². The number of carbonyl (C=O) groups excluding carboxylic acids is 1. The number of rotatable bonds is 10. The van der Waals surface area contributed by atoms with Crippen molar-refractivity contribution in [2.45, 2.75) is 52.2 Å². The Morgan fingerprint density at radius 3 is 2.68 bits per heavy atom. The summed E-state index contributed by atoms with van der Waals surface area (Å²) in [5, 5.41) is 0. The van der Waals surface area contributed by atoms with Crippen LogP contribution in [-0.2, 0) is 18.4 Å². The molecular weight excluding hydrogens is 350 g/mol. The van der Waals surface area contributed by atoms with E-state index >= 15 is 0 Å². The molecule has 2 rings (SSSR count). The summed E-state index contributed by atoms with van der Waals surface area (Å²) < 4.78 is 18.3. The lowest BCUT2D eigenvalue weighted by atomic mass is 9.69. The van der Waals surface area contributed by atoms with Gasteiger partial charge in [-0.15, -0.1) is 0 Å². The summed E-state index contributed by atoms with van der Waals surface area (Å²) in [4.78, 5) is 15.2. The van der Waals surface area contributed by atoms with Gasteiger partial charge in [0.1, 0.15) is 12.6 Å². The first kappa shape index (κ1) is 20.4. The van der Waals surface area contributed by atoms with Crippen LogP contribution in [0.3, 0.4) is 0 Å². The van der Waals surface area contributed by atoms with E-state index < -0.39 is 19.5 Å². The summed E-state index contributed by atoms with van der Waals surface area (Å²) in [6, 6.07) is 4.00. The van der Waals surface area contributed by atoms with E-state index in [1.54, 1.807) is 6.20 Å². The van der Waals surface area contributed by atoms with Crippen molar-refractivity contribution in [2.75, 3.05) is 6.61 Å². The van der Waals surface area contributed by atoms with Gasteiger partial charge < -0.3 is 18.4 Å². The zero-order chi connectivity index (χ0) is 18.3. The summed E-state index contributed by atoms with van der Waals surface area (Å²) in [5.74, 6) is 0.542. The molecule has 0 N–H and O–H groups in total. The number of aromatic nitrogens is 1. The fraction of sp³-hybridized carbons (Fsp3) is 0.667. The van der Waals surface area contributed by atoms with Gasteiger partial charge >= 0.3 is 0 Å². The van der Waals surface area contributed by atoms with Crippen LogP contribution < -0.4 is 0 Å². The Morgan fingerprint density at radius 2 is 2.12 bits per heavy atom. The highest BCUT2D eigenvalue weighted by Gasteiger charge is 2.49. The van der Waals surface area contributed by atoms with Gasteiger partial charge in [-0.25, -0.2) is 0 Å². The van der Waals surface area contributed by atoms with E-state index in [0.29, 0.717) is 13.0 Å². The molecule has 1 aromatic rings. The molecule has 0 spiro atoms. The first-order chi connectivity index (χ1) is 12.1. The molecule has 0 radical (unpaired) electrons. The van der Waals surface area contributed by atoms with Crippen LogP contribution in [0.4, 0.5) is 0 Å². The maximum atomic E-state index is 11.0. The lowest BCUT2D eigenvalue weighted by Crippen LogP contribution is -2.44. The van der Waals surface area contributed by atoms with E-state index in [1.807, 2.05) is 12.3 Å². The lowest BCUT2D eigenvalue weighted by Gasteiger charge is -2.41. The van der Waals surface area contributed by atoms with E-state index in [1.165, 1.54) is 0 Å². The van der Waals surface area contributed by atoms with Crippen LogP contribution in [0, 0.1) is 17.3 Å². The van der Waals surface area contributed by atoms with Crippen molar-refractivity contribution in [3.8, 4) is 0 Å². The van der Waals surface area contributed by atoms with Crippen LogP contribution in [0.2, 0.25) is 13.1 Å². The van der Waals surface area contributed by atoms with E-state index in [-0.39, 0.29) is 29.6 Å². The first-order valence-corrected chi connectivity index (χ1v) is 13.2. The molecule has 25 heavy (non-hydrogen) atoms. The number of aldehydes is 1. The first-order valence-electron chi connectivity index (χ1n) is 9.24. The van der Waals surface area contributed by atoms with Crippen molar-refractivity contribution in [1.82, 2.24) is 4.98 Å². The molecule has 1 fully saturated rings. The molecule has 1 saturated heterocycles. The molecule has 1 aliphatic heterocycles. The van der Waals surface area contributed by atoms with Crippen molar-refractivity contribution in [3.63, 3.8) is 0 Å². The summed E-state index contributed by atoms with van der Waals surface area (Å²) >= 11 is 0. The van der Waals surface area contributed by atoms with Gasteiger partial charge in [0.15, 0.2) is 19.5 Å². The normalized spacial score (nSPS) is 26.0. The second-order valence-corrected chi connectivity index (χ2v) is 8.94. The molecule has 7 heteroatoms.